The maximum atomic E-state index is 11.3. The van der Waals surface area contributed by atoms with Crippen molar-refractivity contribution in [1.29, 1.82) is 0 Å². The van der Waals surface area contributed by atoms with E-state index in [1.165, 1.54) is 22.3 Å². The zero-order valence-corrected chi connectivity index (χ0v) is 30.8. The summed E-state index contributed by atoms with van der Waals surface area (Å²) in [5, 5.41) is 34.2. The summed E-state index contributed by atoms with van der Waals surface area (Å²) in [6.07, 6.45) is 1.91. The molecule has 2 aliphatic heterocycles. The Kier molecular flexibility index (Phi) is 8.74. The van der Waals surface area contributed by atoms with Gasteiger partial charge < -0.3 is 20.8 Å². The van der Waals surface area contributed by atoms with Crippen molar-refractivity contribution in [3.8, 4) is 11.5 Å². The molecule has 0 saturated heterocycles. The summed E-state index contributed by atoms with van der Waals surface area (Å²) in [7, 11) is 0. The summed E-state index contributed by atoms with van der Waals surface area (Å²) >= 11 is 3.37. The molecule has 2 aliphatic rings. The van der Waals surface area contributed by atoms with Crippen LogP contribution in [0, 0.1) is 27.7 Å². The van der Waals surface area contributed by atoms with Crippen LogP contribution in [0.1, 0.15) is 79.2 Å². The van der Waals surface area contributed by atoms with Crippen LogP contribution < -0.4 is 10.6 Å². The minimum Gasteiger partial charge on any atom is -0.508 e. The maximum absolute atomic E-state index is 11.3. The molecule has 2 atom stereocenters. The number of nitrogens with zero attached hydrogens (tertiary/aromatic N) is 2. The van der Waals surface area contributed by atoms with Gasteiger partial charge in [0, 0.05) is 33.7 Å². The number of phenols is 2. The Balaban J connectivity index is 1.12. The van der Waals surface area contributed by atoms with E-state index < -0.39 is 0 Å². The van der Waals surface area contributed by atoms with Crippen LogP contribution in [0.25, 0.3) is 0 Å². The molecule has 2 aromatic heterocycles. The van der Waals surface area contributed by atoms with Gasteiger partial charge in [0.15, 0.2) is 0 Å². The van der Waals surface area contributed by atoms with Crippen molar-refractivity contribution < 1.29 is 10.2 Å². The SMILES string of the molecule is Cc1cc2c(cc1C)NC(c1cc(Cc3ccc(O)c(C4CC(c5cccs5)=Nc5cc(C)c(C)cc5N4)c3)ccc1O)CC(c1cccs1)=N2. The molecule has 4 heterocycles. The van der Waals surface area contributed by atoms with Crippen molar-refractivity contribution in [2.24, 2.45) is 9.98 Å². The van der Waals surface area contributed by atoms with Gasteiger partial charge in [0.2, 0.25) is 0 Å². The third-order valence-electron chi connectivity index (χ3n) is 10.1. The van der Waals surface area contributed by atoms with Gasteiger partial charge in [-0.2, -0.15) is 0 Å². The van der Waals surface area contributed by atoms with E-state index in [4.69, 9.17) is 9.98 Å². The number of thiophene rings is 2. The zero-order valence-electron chi connectivity index (χ0n) is 29.1. The summed E-state index contributed by atoms with van der Waals surface area (Å²) in [6, 6.07) is 28.4. The molecule has 51 heavy (non-hydrogen) atoms. The highest BCUT2D eigenvalue weighted by Crippen LogP contribution is 2.42. The van der Waals surface area contributed by atoms with E-state index >= 15 is 0 Å². The Labute approximate surface area is 306 Å². The molecular formula is C43H40N4O2S2. The molecule has 6 nitrogen and oxygen atoms in total. The zero-order chi connectivity index (χ0) is 35.2. The molecule has 8 heteroatoms. The monoisotopic (exact) mass is 708 g/mol. The van der Waals surface area contributed by atoms with Crippen molar-refractivity contribution in [3.05, 3.63) is 150 Å². The normalized spacial score (nSPS) is 16.9. The summed E-state index contributed by atoms with van der Waals surface area (Å²) in [5.74, 6) is 0.514. The van der Waals surface area contributed by atoms with Crippen LogP contribution in [-0.2, 0) is 6.42 Å². The molecule has 0 radical (unpaired) electrons. The molecular weight excluding hydrogens is 669 g/mol. The number of nitrogens with one attached hydrogen (secondary N) is 2. The average molecular weight is 709 g/mol. The first-order valence-electron chi connectivity index (χ1n) is 17.3. The van der Waals surface area contributed by atoms with E-state index in [0.29, 0.717) is 19.3 Å². The maximum Gasteiger partial charge on any atom is 0.120 e. The van der Waals surface area contributed by atoms with Gasteiger partial charge in [-0.3, -0.25) is 0 Å². The van der Waals surface area contributed by atoms with Crippen LogP contribution in [0.15, 0.2) is 106 Å². The molecule has 0 amide bonds. The predicted octanol–water partition coefficient (Wildman–Crippen LogP) is 11.4. The van der Waals surface area contributed by atoms with E-state index in [0.717, 1.165) is 66.2 Å². The fourth-order valence-corrected chi connectivity index (χ4v) is 8.51. The van der Waals surface area contributed by atoms with Crippen LogP contribution in [0.5, 0.6) is 11.5 Å². The number of aliphatic imine (C=N–C) groups is 2. The molecule has 6 aromatic rings. The van der Waals surface area contributed by atoms with Crippen molar-refractivity contribution in [2.45, 2.75) is 59.0 Å². The van der Waals surface area contributed by atoms with E-state index in [1.54, 1.807) is 34.8 Å². The number of fused-ring (bicyclic) bond motifs is 2. The molecule has 2 unspecified atom stereocenters. The predicted molar refractivity (Wildman–Crippen MR) is 214 cm³/mol. The summed E-state index contributed by atoms with van der Waals surface area (Å²) in [4.78, 5) is 12.5. The third kappa shape index (κ3) is 6.69. The first-order valence-corrected chi connectivity index (χ1v) is 19.1. The third-order valence-corrected chi connectivity index (χ3v) is 12.0. The second-order valence-corrected chi connectivity index (χ2v) is 15.6. The Morgan fingerprint density at radius 3 is 1.43 bits per heavy atom. The van der Waals surface area contributed by atoms with Gasteiger partial charge in [0.1, 0.15) is 11.5 Å². The smallest absolute Gasteiger partial charge is 0.120 e. The molecule has 0 spiro atoms. The molecule has 0 fully saturated rings. The van der Waals surface area contributed by atoms with Gasteiger partial charge in [-0.25, -0.2) is 9.98 Å². The molecule has 4 N–H and O–H groups in total. The number of hydrogen-bond acceptors (Lipinski definition) is 8. The first-order chi connectivity index (χ1) is 24.7. The van der Waals surface area contributed by atoms with E-state index in [9.17, 15) is 10.2 Å². The van der Waals surface area contributed by atoms with E-state index in [1.807, 2.05) is 12.1 Å². The molecule has 0 aliphatic carbocycles. The number of benzene rings is 4. The van der Waals surface area contributed by atoms with Crippen LogP contribution in [-0.4, -0.2) is 21.6 Å². The standard InChI is InChI=1S/C43H40N4O2S2/c1-24-15-34-36(17-26(24)3)46-38(42-7-5-13-50-42)22-32(44-34)30-20-28(9-11-40(30)48)19-29-10-12-41(49)31(21-29)33-23-39(43-8-6-14-51-43)47-37-18-27(4)25(2)16-35(37)45-33/h5-18,20-21,32-33,44-45,48-49H,19,22-23H2,1-4H3. The van der Waals surface area contributed by atoms with Gasteiger partial charge in [-0.15, -0.1) is 22.7 Å². The van der Waals surface area contributed by atoms with Gasteiger partial charge in [0.05, 0.1) is 46.3 Å². The van der Waals surface area contributed by atoms with Gasteiger partial charge >= 0.3 is 0 Å². The van der Waals surface area contributed by atoms with Gasteiger partial charge in [0.25, 0.3) is 0 Å². The second-order valence-electron chi connectivity index (χ2n) is 13.7. The average Bonchev–Trinajstić information content (AvgIpc) is 3.79. The van der Waals surface area contributed by atoms with Crippen molar-refractivity contribution in [2.75, 3.05) is 10.6 Å². The van der Waals surface area contributed by atoms with E-state index in [-0.39, 0.29) is 23.6 Å². The first kappa shape index (κ1) is 33.0. The highest BCUT2D eigenvalue weighted by Gasteiger charge is 2.27. The fourth-order valence-electron chi connectivity index (χ4n) is 7.06. The Morgan fingerprint density at radius 2 is 1.02 bits per heavy atom. The minimum absolute atomic E-state index is 0.179. The highest BCUT2D eigenvalue weighted by molar-refractivity contribution is 7.12. The Hall–Kier alpha value is -5.18. The van der Waals surface area contributed by atoms with Crippen molar-refractivity contribution in [1.82, 2.24) is 0 Å². The van der Waals surface area contributed by atoms with Crippen molar-refractivity contribution >= 4 is 56.8 Å². The summed E-state index contributed by atoms with van der Waals surface area (Å²) < 4.78 is 0. The van der Waals surface area contributed by atoms with E-state index in [2.05, 4.69) is 110 Å². The van der Waals surface area contributed by atoms with Crippen LogP contribution in [0.2, 0.25) is 0 Å². The molecule has 0 saturated carbocycles. The van der Waals surface area contributed by atoms with Crippen LogP contribution in [0.4, 0.5) is 22.7 Å². The largest absolute Gasteiger partial charge is 0.508 e. The lowest BCUT2D eigenvalue weighted by Crippen LogP contribution is -2.15. The Morgan fingerprint density at radius 1 is 0.588 bits per heavy atom. The van der Waals surface area contributed by atoms with Gasteiger partial charge in [-0.05, 0) is 139 Å². The number of hydrogen-bond donors (Lipinski definition) is 4. The fraction of sp³-hybridized carbons (Fsp3) is 0.209. The number of aryl methyl sites for hydroxylation is 4. The molecule has 256 valence electrons. The number of anilines is 2. The summed E-state index contributed by atoms with van der Waals surface area (Å²) in [6.45, 7) is 8.47. The summed E-state index contributed by atoms with van der Waals surface area (Å²) in [5.41, 5.74) is 14.4. The lowest BCUT2D eigenvalue weighted by molar-refractivity contribution is 0.464. The molecule has 0 bridgehead atoms. The highest BCUT2D eigenvalue weighted by atomic mass is 32.1. The molecule has 4 aromatic carbocycles. The second kappa shape index (κ2) is 13.5. The Bertz CT molecular complexity index is 2160. The van der Waals surface area contributed by atoms with Crippen molar-refractivity contribution in [3.63, 3.8) is 0 Å². The number of rotatable bonds is 6. The lowest BCUT2D eigenvalue weighted by Gasteiger charge is -2.22. The lowest BCUT2D eigenvalue weighted by atomic mass is 9.93. The minimum atomic E-state index is -0.179. The topological polar surface area (TPSA) is 89.2 Å². The van der Waals surface area contributed by atoms with Gasteiger partial charge in [-0.1, -0.05) is 24.3 Å². The quantitative estimate of drug-likeness (QED) is 0.139. The van der Waals surface area contributed by atoms with Crippen LogP contribution in [0.3, 0.4) is 0 Å². The molecule has 8 rings (SSSR count). The number of phenolic OH excluding ortho intramolecular Hbond substituents is 2. The van der Waals surface area contributed by atoms with Crippen LogP contribution >= 0.6 is 22.7 Å². The number of aromatic hydroxyl groups is 2.